The van der Waals surface area contributed by atoms with Gasteiger partial charge in [-0.05, 0) is 36.6 Å². The highest BCUT2D eigenvalue weighted by molar-refractivity contribution is 6.08. The Kier molecular flexibility index (Phi) is 3.92. The third-order valence-electron chi connectivity index (χ3n) is 5.41. The molecular formula is C20H18N4O2. The molecule has 2 aliphatic rings. The lowest BCUT2D eigenvalue weighted by molar-refractivity contribution is -0.124. The highest BCUT2D eigenvalue weighted by Crippen LogP contribution is 2.47. The Labute approximate surface area is 151 Å². The number of hydrogen-bond donors (Lipinski definition) is 0. The molecule has 3 heterocycles. The third-order valence-corrected chi connectivity index (χ3v) is 5.41. The number of aromatic nitrogens is 1. The van der Waals surface area contributed by atoms with E-state index in [4.69, 9.17) is 5.26 Å². The topological polar surface area (TPSA) is 77.3 Å². The summed E-state index contributed by atoms with van der Waals surface area (Å²) in [6.07, 6.45) is 4.34. The fourth-order valence-electron chi connectivity index (χ4n) is 4.07. The first-order valence-electron chi connectivity index (χ1n) is 8.65. The molecule has 1 spiro atoms. The minimum Gasteiger partial charge on any atom is -0.339 e. The van der Waals surface area contributed by atoms with Crippen LogP contribution < -0.4 is 4.90 Å². The number of anilines is 1. The molecule has 1 saturated heterocycles. The van der Waals surface area contributed by atoms with Crippen LogP contribution in [0.1, 0.15) is 28.8 Å². The molecule has 1 fully saturated rings. The summed E-state index contributed by atoms with van der Waals surface area (Å²) in [5.41, 5.74) is 1.74. The van der Waals surface area contributed by atoms with E-state index in [9.17, 15) is 9.59 Å². The predicted octanol–water partition coefficient (Wildman–Crippen LogP) is 2.13. The van der Waals surface area contributed by atoms with E-state index in [0.29, 0.717) is 31.5 Å². The van der Waals surface area contributed by atoms with Crippen LogP contribution in [0, 0.1) is 11.3 Å². The van der Waals surface area contributed by atoms with Crippen LogP contribution in [0.2, 0.25) is 0 Å². The van der Waals surface area contributed by atoms with Gasteiger partial charge in [0.15, 0.2) is 0 Å². The summed E-state index contributed by atoms with van der Waals surface area (Å²) in [6, 6.07) is 13.3. The Morgan fingerprint density at radius 3 is 2.65 bits per heavy atom. The lowest BCUT2D eigenvalue weighted by Gasteiger charge is -2.38. The van der Waals surface area contributed by atoms with Gasteiger partial charge in [-0.25, -0.2) is 0 Å². The van der Waals surface area contributed by atoms with E-state index in [1.807, 2.05) is 24.3 Å². The number of pyridine rings is 1. The Morgan fingerprint density at radius 1 is 1.19 bits per heavy atom. The molecular weight excluding hydrogens is 328 g/mol. The molecule has 0 saturated carbocycles. The third kappa shape index (κ3) is 2.36. The number of fused-ring (bicyclic) bond motifs is 2. The molecule has 4 rings (SSSR count). The van der Waals surface area contributed by atoms with Crippen molar-refractivity contribution in [1.29, 1.82) is 5.26 Å². The van der Waals surface area contributed by atoms with Gasteiger partial charge in [0.2, 0.25) is 5.91 Å². The van der Waals surface area contributed by atoms with E-state index in [0.717, 1.165) is 11.3 Å². The van der Waals surface area contributed by atoms with Crippen molar-refractivity contribution in [2.75, 3.05) is 24.5 Å². The number of benzene rings is 1. The Bertz CT molecular complexity index is 896. The number of hydrogen-bond acceptors (Lipinski definition) is 4. The minimum atomic E-state index is -0.626. The summed E-state index contributed by atoms with van der Waals surface area (Å²) >= 11 is 0. The molecule has 6 heteroatoms. The summed E-state index contributed by atoms with van der Waals surface area (Å²) in [5.74, 6) is -0.0747. The number of piperidine rings is 1. The van der Waals surface area contributed by atoms with Crippen LogP contribution in [0.25, 0.3) is 0 Å². The molecule has 0 N–H and O–H groups in total. The average molecular weight is 346 g/mol. The molecule has 0 bridgehead atoms. The summed E-state index contributed by atoms with van der Waals surface area (Å²) in [4.78, 5) is 33.1. The molecule has 1 aromatic heterocycles. The van der Waals surface area contributed by atoms with Gasteiger partial charge >= 0.3 is 0 Å². The van der Waals surface area contributed by atoms with E-state index in [2.05, 4.69) is 11.1 Å². The fraction of sp³-hybridized carbons (Fsp3) is 0.300. The van der Waals surface area contributed by atoms with Crippen LogP contribution in [0.15, 0.2) is 48.8 Å². The molecule has 0 atom stereocenters. The van der Waals surface area contributed by atoms with Gasteiger partial charge in [-0.1, -0.05) is 18.2 Å². The van der Waals surface area contributed by atoms with Crippen LogP contribution in [-0.2, 0) is 10.2 Å². The lowest BCUT2D eigenvalue weighted by atomic mass is 9.73. The first kappa shape index (κ1) is 16.3. The Balaban J connectivity index is 1.60. The van der Waals surface area contributed by atoms with Gasteiger partial charge < -0.3 is 4.90 Å². The van der Waals surface area contributed by atoms with Crippen molar-refractivity contribution in [3.8, 4) is 6.07 Å². The summed E-state index contributed by atoms with van der Waals surface area (Å²) in [6.45, 7) is 1.07. The van der Waals surface area contributed by atoms with Gasteiger partial charge in [0, 0.05) is 31.2 Å². The van der Waals surface area contributed by atoms with Gasteiger partial charge in [0.1, 0.15) is 6.54 Å². The number of carbonyl (C=O) groups excluding carboxylic acids is 2. The Morgan fingerprint density at radius 2 is 1.96 bits per heavy atom. The molecule has 26 heavy (non-hydrogen) atoms. The van der Waals surface area contributed by atoms with Gasteiger partial charge in [0.25, 0.3) is 5.91 Å². The second-order valence-electron chi connectivity index (χ2n) is 6.68. The van der Waals surface area contributed by atoms with Crippen molar-refractivity contribution in [2.45, 2.75) is 18.3 Å². The zero-order valence-electron chi connectivity index (χ0n) is 14.3. The molecule has 0 unspecified atom stereocenters. The zero-order chi connectivity index (χ0) is 18.1. The monoisotopic (exact) mass is 346 g/mol. The van der Waals surface area contributed by atoms with Gasteiger partial charge in [-0.3, -0.25) is 19.5 Å². The molecule has 130 valence electrons. The van der Waals surface area contributed by atoms with Crippen molar-refractivity contribution in [2.24, 2.45) is 0 Å². The maximum Gasteiger partial charge on any atom is 0.255 e. The van der Waals surface area contributed by atoms with Crippen molar-refractivity contribution in [3.63, 3.8) is 0 Å². The van der Waals surface area contributed by atoms with Crippen LogP contribution in [0.4, 0.5) is 5.69 Å². The van der Waals surface area contributed by atoms with E-state index >= 15 is 0 Å². The number of nitriles is 1. The highest BCUT2D eigenvalue weighted by Gasteiger charge is 2.52. The number of likely N-dealkylation sites (tertiary alicyclic amines) is 1. The second-order valence-corrected chi connectivity index (χ2v) is 6.68. The standard InChI is InChI=1S/C20H18N4O2/c21-9-13-24-17-6-2-1-5-16(17)20(19(24)26)7-11-23(12-8-20)18(25)15-4-3-10-22-14-15/h1-6,10,14H,7-8,11-13H2. The van der Waals surface area contributed by atoms with Gasteiger partial charge in [0.05, 0.1) is 17.0 Å². The number of carbonyl (C=O) groups is 2. The quantitative estimate of drug-likeness (QED) is 0.781. The number of nitrogens with zero attached hydrogens (tertiary/aromatic N) is 4. The molecule has 6 nitrogen and oxygen atoms in total. The maximum absolute atomic E-state index is 13.1. The summed E-state index contributed by atoms with van der Waals surface area (Å²) in [7, 11) is 0. The molecule has 0 aliphatic carbocycles. The molecule has 1 aromatic carbocycles. The zero-order valence-corrected chi connectivity index (χ0v) is 14.3. The number of rotatable bonds is 2. The molecule has 2 aliphatic heterocycles. The minimum absolute atomic E-state index is 0.0197. The molecule has 2 aromatic rings. The van der Waals surface area contributed by atoms with Crippen LogP contribution >= 0.6 is 0 Å². The highest BCUT2D eigenvalue weighted by atomic mass is 16.2. The van der Waals surface area contributed by atoms with Crippen molar-refractivity contribution in [1.82, 2.24) is 9.88 Å². The smallest absolute Gasteiger partial charge is 0.255 e. The van der Waals surface area contributed by atoms with Crippen molar-refractivity contribution in [3.05, 3.63) is 59.9 Å². The van der Waals surface area contributed by atoms with E-state index < -0.39 is 5.41 Å². The van der Waals surface area contributed by atoms with E-state index in [1.165, 1.54) is 0 Å². The normalized spacial score (nSPS) is 17.9. The van der Waals surface area contributed by atoms with Crippen molar-refractivity contribution < 1.29 is 9.59 Å². The average Bonchev–Trinajstić information content (AvgIpc) is 2.92. The number of amides is 2. The summed E-state index contributed by atoms with van der Waals surface area (Å²) < 4.78 is 0. The van der Waals surface area contributed by atoms with E-state index in [-0.39, 0.29) is 18.4 Å². The predicted molar refractivity (Wildman–Crippen MR) is 95.5 cm³/mol. The number of para-hydroxylation sites is 1. The maximum atomic E-state index is 13.1. The molecule has 2 amide bonds. The Hall–Kier alpha value is -3.20. The SMILES string of the molecule is N#CCN1C(=O)C2(CCN(C(=O)c3cccnc3)CC2)c2ccccc21. The second kappa shape index (κ2) is 6.26. The van der Waals surface area contributed by atoms with Crippen molar-refractivity contribution >= 4 is 17.5 Å². The first-order chi connectivity index (χ1) is 12.7. The first-order valence-corrected chi connectivity index (χ1v) is 8.65. The molecule has 0 radical (unpaired) electrons. The van der Waals surface area contributed by atoms with E-state index in [1.54, 1.807) is 34.3 Å². The van der Waals surface area contributed by atoms with Crippen LogP contribution in [0.5, 0.6) is 0 Å². The van der Waals surface area contributed by atoms with Gasteiger partial charge in [-0.2, -0.15) is 5.26 Å². The summed E-state index contributed by atoms with van der Waals surface area (Å²) in [5, 5.41) is 9.10. The van der Waals surface area contributed by atoms with Crippen LogP contribution in [-0.4, -0.2) is 41.3 Å². The van der Waals surface area contributed by atoms with Gasteiger partial charge in [-0.15, -0.1) is 0 Å². The lowest BCUT2D eigenvalue weighted by Crippen LogP contribution is -2.50. The fourth-order valence-corrected chi connectivity index (χ4v) is 4.07. The largest absolute Gasteiger partial charge is 0.339 e. The van der Waals surface area contributed by atoms with Crippen LogP contribution in [0.3, 0.4) is 0 Å².